The van der Waals surface area contributed by atoms with E-state index in [0.717, 1.165) is 37.7 Å². The fraction of sp³-hybridized carbons (Fsp3) is 0.455. The quantitative estimate of drug-likeness (QED) is 0.525. The van der Waals surface area contributed by atoms with Gasteiger partial charge in [0.15, 0.2) is 0 Å². The molecular formula is C22H28N5O2+. The van der Waals surface area contributed by atoms with Crippen LogP contribution in [0.3, 0.4) is 0 Å². The lowest BCUT2D eigenvalue weighted by Crippen LogP contribution is -2.44. The first-order valence-corrected chi connectivity index (χ1v) is 10.5. The molecule has 0 aliphatic heterocycles. The molecule has 152 valence electrons. The average molecular weight is 394 g/mol. The highest BCUT2D eigenvalue weighted by molar-refractivity contribution is 6.00. The highest BCUT2D eigenvalue weighted by atomic mass is 16.2. The summed E-state index contributed by atoms with van der Waals surface area (Å²) in [4.78, 5) is 31.0. The monoisotopic (exact) mass is 394 g/mol. The number of nitrogen functional groups attached to an aromatic ring is 1. The van der Waals surface area contributed by atoms with Gasteiger partial charge in [-0.3, -0.25) is 14.0 Å². The molecule has 4 rings (SSSR count). The van der Waals surface area contributed by atoms with E-state index < -0.39 is 0 Å². The smallest absolute Gasteiger partial charge is 0.278 e. The molecule has 0 aromatic carbocycles. The summed E-state index contributed by atoms with van der Waals surface area (Å²) >= 11 is 0. The number of nitrogens with two attached hydrogens (primary N) is 1. The first kappa shape index (κ1) is 19.4. The second-order valence-corrected chi connectivity index (χ2v) is 7.94. The minimum Gasteiger partial charge on any atom is -0.349 e. The van der Waals surface area contributed by atoms with Crippen molar-refractivity contribution in [2.45, 2.75) is 65.0 Å². The maximum absolute atomic E-state index is 13.2. The molecule has 0 bridgehead atoms. The van der Waals surface area contributed by atoms with E-state index in [-0.39, 0.29) is 17.5 Å². The van der Waals surface area contributed by atoms with Crippen molar-refractivity contribution in [3.05, 3.63) is 45.9 Å². The van der Waals surface area contributed by atoms with E-state index >= 15 is 0 Å². The van der Waals surface area contributed by atoms with E-state index in [2.05, 4.69) is 5.32 Å². The minimum absolute atomic E-state index is 0.171. The molecule has 3 aromatic rings. The van der Waals surface area contributed by atoms with Gasteiger partial charge in [0.1, 0.15) is 10.9 Å². The molecule has 7 heteroatoms. The van der Waals surface area contributed by atoms with E-state index in [1.165, 1.54) is 10.8 Å². The molecule has 0 atom stereocenters. The number of nitrogens with one attached hydrogen (secondary N) is 1. The number of hydrogen-bond acceptors (Lipinski definition) is 4. The van der Waals surface area contributed by atoms with Crippen LogP contribution in [0.4, 0.5) is 5.82 Å². The van der Waals surface area contributed by atoms with Gasteiger partial charge in [-0.25, -0.2) is 4.57 Å². The Balaban J connectivity index is 1.90. The summed E-state index contributed by atoms with van der Waals surface area (Å²) in [5.74, 6) is 0.146. The van der Waals surface area contributed by atoms with Crippen LogP contribution in [0.15, 0.2) is 29.2 Å². The van der Waals surface area contributed by atoms with Crippen molar-refractivity contribution in [1.29, 1.82) is 0 Å². The number of carbonyl (C=O) groups excluding carboxylic acids is 1. The summed E-state index contributed by atoms with van der Waals surface area (Å²) in [7, 11) is 0. The van der Waals surface area contributed by atoms with Gasteiger partial charge >= 0.3 is 0 Å². The van der Waals surface area contributed by atoms with Crippen molar-refractivity contribution in [2.24, 2.45) is 0 Å². The summed E-state index contributed by atoms with van der Waals surface area (Å²) in [6.45, 7) is 4.54. The van der Waals surface area contributed by atoms with Crippen molar-refractivity contribution in [3.8, 4) is 0 Å². The van der Waals surface area contributed by atoms with E-state index in [0.29, 0.717) is 34.6 Å². The van der Waals surface area contributed by atoms with Crippen molar-refractivity contribution in [2.75, 3.05) is 5.73 Å². The lowest BCUT2D eigenvalue weighted by atomic mass is 9.95. The van der Waals surface area contributed by atoms with Crippen LogP contribution in [0.1, 0.15) is 61.4 Å². The predicted molar refractivity (Wildman–Crippen MR) is 113 cm³/mol. The van der Waals surface area contributed by atoms with E-state index in [1.807, 2.05) is 26.0 Å². The third-order valence-electron chi connectivity index (χ3n) is 5.81. The first-order valence-electron chi connectivity index (χ1n) is 10.5. The first-order chi connectivity index (χ1) is 14.0. The Kier molecular flexibility index (Phi) is 5.22. The normalized spacial score (nSPS) is 15.1. The Morgan fingerprint density at radius 1 is 1.34 bits per heavy atom. The Labute approximate surface area is 169 Å². The minimum atomic E-state index is -0.213. The summed E-state index contributed by atoms with van der Waals surface area (Å²) in [5.41, 5.74) is 8.63. The second-order valence-electron chi connectivity index (χ2n) is 7.94. The van der Waals surface area contributed by atoms with Crippen LogP contribution in [-0.2, 0) is 6.54 Å². The fourth-order valence-corrected chi connectivity index (χ4v) is 4.25. The molecule has 1 amide bonds. The number of nitrogens with zero attached hydrogens (tertiary/aromatic N) is 3. The Morgan fingerprint density at radius 2 is 2.10 bits per heavy atom. The molecule has 1 aliphatic rings. The Hall–Kier alpha value is -2.96. The Morgan fingerprint density at radius 3 is 2.83 bits per heavy atom. The molecule has 0 unspecified atom stereocenters. The molecule has 3 aromatic heterocycles. The number of rotatable bonds is 4. The lowest BCUT2D eigenvalue weighted by Gasteiger charge is -2.23. The number of fused-ring (bicyclic) bond motifs is 2. The molecule has 3 N–H and O–H groups in total. The van der Waals surface area contributed by atoms with Gasteiger partial charge in [-0.15, -0.1) is 0 Å². The second kappa shape index (κ2) is 7.81. The van der Waals surface area contributed by atoms with Gasteiger partial charge in [0.05, 0.1) is 6.54 Å². The topological polar surface area (TPSA) is 93.4 Å². The number of carbonyl (C=O) groups is 1. The van der Waals surface area contributed by atoms with Gasteiger partial charge in [-0.05, 0) is 38.3 Å². The van der Waals surface area contributed by atoms with Crippen molar-refractivity contribution in [3.63, 3.8) is 0 Å². The van der Waals surface area contributed by atoms with Crippen LogP contribution in [-0.4, -0.2) is 21.3 Å². The Bertz CT molecular complexity index is 1150. The molecule has 1 saturated carbocycles. The predicted octanol–water partition coefficient (Wildman–Crippen LogP) is 2.50. The largest absolute Gasteiger partial charge is 0.349 e. The number of pyridine rings is 2. The van der Waals surface area contributed by atoms with Gasteiger partial charge in [0.2, 0.25) is 11.5 Å². The highest BCUT2D eigenvalue weighted by Gasteiger charge is 2.26. The van der Waals surface area contributed by atoms with Crippen LogP contribution >= 0.6 is 0 Å². The third kappa shape index (κ3) is 3.45. The molecule has 0 spiro atoms. The lowest BCUT2D eigenvalue weighted by molar-refractivity contribution is -0.658. The van der Waals surface area contributed by atoms with Crippen LogP contribution in [0.25, 0.3) is 16.7 Å². The van der Waals surface area contributed by atoms with Crippen LogP contribution in [0.5, 0.6) is 0 Å². The van der Waals surface area contributed by atoms with Crippen molar-refractivity contribution in [1.82, 2.24) is 14.7 Å². The SMILES string of the molecule is CCC[n+]1c(N)c(C(=O)NC2CCCCC2)cc2c(=O)n3cccc(C)c3nc21. The maximum Gasteiger partial charge on any atom is 0.278 e. The van der Waals surface area contributed by atoms with E-state index in [1.54, 1.807) is 16.8 Å². The molecule has 0 saturated heterocycles. The molecule has 0 radical (unpaired) electrons. The summed E-state index contributed by atoms with van der Waals surface area (Å²) < 4.78 is 3.34. The molecule has 3 heterocycles. The van der Waals surface area contributed by atoms with E-state index in [4.69, 9.17) is 10.7 Å². The zero-order valence-electron chi connectivity index (χ0n) is 17.1. The number of hydrogen-bond donors (Lipinski definition) is 2. The summed E-state index contributed by atoms with van der Waals surface area (Å²) in [6, 6.07) is 5.53. The van der Waals surface area contributed by atoms with Crippen LogP contribution in [0, 0.1) is 6.92 Å². The standard InChI is InChI=1S/C22H27N5O2/c1-3-11-26-18(23)16(21(28)24-15-9-5-4-6-10-15)13-17-20(26)25-19-14(2)8-7-12-27(19)22(17)29/h7-8,12-13,15,23H,3-6,9-11H2,1-2H3,(H,24,28)/p+1. The number of amides is 1. The molecule has 1 aliphatic carbocycles. The summed E-state index contributed by atoms with van der Waals surface area (Å²) in [5, 5.41) is 3.52. The van der Waals surface area contributed by atoms with Crippen molar-refractivity contribution < 1.29 is 9.36 Å². The van der Waals surface area contributed by atoms with Gasteiger partial charge in [0, 0.05) is 17.8 Å². The molecular weight excluding hydrogens is 366 g/mol. The molecule has 29 heavy (non-hydrogen) atoms. The van der Waals surface area contributed by atoms with E-state index in [9.17, 15) is 9.59 Å². The zero-order chi connectivity index (χ0) is 20.5. The number of aryl methyl sites for hydroxylation is 2. The average Bonchev–Trinajstić information content (AvgIpc) is 2.72. The van der Waals surface area contributed by atoms with Gasteiger partial charge in [0.25, 0.3) is 17.1 Å². The van der Waals surface area contributed by atoms with Crippen LogP contribution < -0.4 is 21.2 Å². The summed E-state index contributed by atoms with van der Waals surface area (Å²) in [6.07, 6.45) is 7.97. The van der Waals surface area contributed by atoms with Gasteiger partial charge in [-0.1, -0.05) is 37.2 Å². The number of anilines is 1. The van der Waals surface area contributed by atoms with Crippen LogP contribution in [0.2, 0.25) is 0 Å². The third-order valence-corrected chi connectivity index (χ3v) is 5.81. The fourth-order valence-electron chi connectivity index (χ4n) is 4.25. The van der Waals surface area contributed by atoms with Gasteiger partial charge < -0.3 is 11.1 Å². The van der Waals surface area contributed by atoms with Crippen molar-refractivity contribution >= 4 is 28.4 Å². The number of aromatic nitrogens is 3. The zero-order valence-corrected chi connectivity index (χ0v) is 17.1. The molecule has 1 fully saturated rings. The van der Waals surface area contributed by atoms with Gasteiger partial charge in [-0.2, -0.15) is 0 Å². The molecule has 7 nitrogen and oxygen atoms in total. The maximum atomic E-state index is 13.2. The highest BCUT2D eigenvalue weighted by Crippen LogP contribution is 2.20.